The van der Waals surface area contributed by atoms with Gasteiger partial charge in [0.15, 0.2) is 0 Å². The number of nitrogens with zero attached hydrogens (tertiary/aromatic N) is 2. The maximum atomic E-state index is 11.8. The van der Waals surface area contributed by atoms with E-state index in [2.05, 4.69) is 25.2 Å². The number of hydrogen-bond acceptors (Lipinski definition) is 3. The van der Waals surface area contributed by atoms with Gasteiger partial charge in [-0.25, -0.2) is 0 Å². The molecular weight excluding hydrogens is 202 g/mol. The molecule has 0 spiro atoms. The topological polar surface area (TPSA) is 56.1 Å². The first-order valence-electron chi connectivity index (χ1n) is 5.80. The second kappa shape index (κ2) is 7.24. The summed E-state index contributed by atoms with van der Waals surface area (Å²) in [6.45, 7) is 10.9. The van der Waals surface area contributed by atoms with Crippen molar-refractivity contribution in [3.05, 3.63) is 0 Å². The van der Waals surface area contributed by atoms with Crippen LogP contribution >= 0.6 is 0 Å². The summed E-state index contributed by atoms with van der Waals surface area (Å²) in [5.41, 5.74) is 0. The maximum Gasteiger partial charge on any atom is 0.237 e. The molecule has 0 aromatic heterocycles. The summed E-state index contributed by atoms with van der Waals surface area (Å²) >= 11 is 0. The van der Waals surface area contributed by atoms with Gasteiger partial charge in [0.2, 0.25) is 5.91 Å². The van der Waals surface area contributed by atoms with Gasteiger partial charge >= 0.3 is 0 Å². The molecule has 0 saturated carbocycles. The molecule has 0 aromatic rings. The van der Waals surface area contributed by atoms with E-state index in [9.17, 15) is 4.79 Å². The summed E-state index contributed by atoms with van der Waals surface area (Å²) < 4.78 is 0. The van der Waals surface area contributed by atoms with Crippen LogP contribution in [0.3, 0.4) is 0 Å². The van der Waals surface area contributed by atoms with E-state index in [0.29, 0.717) is 12.5 Å². The van der Waals surface area contributed by atoms with Gasteiger partial charge < -0.3 is 5.32 Å². The lowest BCUT2D eigenvalue weighted by Gasteiger charge is -2.29. The van der Waals surface area contributed by atoms with Gasteiger partial charge in [-0.2, -0.15) is 5.26 Å². The van der Waals surface area contributed by atoms with Gasteiger partial charge in [-0.15, -0.1) is 0 Å². The fourth-order valence-electron chi connectivity index (χ4n) is 1.45. The van der Waals surface area contributed by atoms with Gasteiger partial charge in [0.05, 0.1) is 18.7 Å². The third-order valence-electron chi connectivity index (χ3n) is 2.48. The smallest absolute Gasteiger partial charge is 0.237 e. The Morgan fingerprint density at radius 3 is 2.25 bits per heavy atom. The Balaban J connectivity index is 4.32. The van der Waals surface area contributed by atoms with Crippen LogP contribution in [0.2, 0.25) is 0 Å². The van der Waals surface area contributed by atoms with Crippen LogP contribution in [0.1, 0.15) is 34.6 Å². The van der Waals surface area contributed by atoms with Crippen molar-refractivity contribution in [1.82, 2.24) is 10.2 Å². The van der Waals surface area contributed by atoms with Crippen molar-refractivity contribution in [2.24, 2.45) is 5.92 Å². The highest BCUT2D eigenvalue weighted by Gasteiger charge is 2.22. The number of hydrogen-bond donors (Lipinski definition) is 1. The lowest BCUT2D eigenvalue weighted by molar-refractivity contribution is -0.126. The van der Waals surface area contributed by atoms with Crippen molar-refractivity contribution in [3.8, 4) is 6.07 Å². The van der Waals surface area contributed by atoms with Crippen LogP contribution in [0, 0.1) is 17.2 Å². The second-order valence-corrected chi connectivity index (χ2v) is 4.74. The first kappa shape index (κ1) is 14.9. The fourth-order valence-corrected chi connectivity index (χ4v) is 1.45. The normalized spacial score (nSPS) is 12.9. The number of rotatable bonds is 6. The molecule has 1 amide bonds. The molecule has 0 aliphatic rings. The number of carbonyl (C=O) groups excluding carboxylic acids is 1. The lowest BCUT2D eigenvalue weighted by Crippen LogP contribution is -2.48. The van der Waals surface area contributed by atoms with E-state index in [-0.39, 0.29) is 24.5 Å². The molecule has 4 heteroatoms. The predicted octanol–water partition coefficient (Wildman–Crippen LogP) is 1.38. The molecule has 1 atom stereocenters. The Kier molecular flexibility index (Phi) is 6.75. The fraction of sp³-hybridized carbons (Fsp3) is 0.833. The maximum absolute atomic E-state index is 11.8. The third-order valence-corrected chi connectivity index (χ3v) is 2.48. The first-order chi connectivity index (χ1) is 7.40. The van der Waals surface area contributed by atoms with Crippen molar-refractivity contribution in [1.29, 1.82) is 5.26 Å². The second-order valence-electron chi connectivity index (χ2n) is 4.74. The highest BCUT2D eigenvalue weighted by Crippen LogP contribution is 2.05. The molecular formula is C12H23N3O. The van der Waals surface area contributed by atoms with Gasteiger partial charge in [-0.3, -0.25) is 9.69 Å². The lowest BCUT2D eigenvalue weighted by atomic mass is 10.2. The molecule has 0 aliphatic carbocycles. The SMILES string of the molecule is CC(C)CNC(=O)C(C)N(CC#N)C(C)C. The summed E-state index contributed by atoms with van der Waals surface area (Å²) in [6.07, 6.45) is 0. The van der Waals surface area contributed by atoms with Gasteiger partial charge in [0.25, 0.3) is 0 Å². The molecule has 92 valence electrons. The molecule has 0 heterocycles. The van der Waals surface area contributed by atoms with E-state index in [0.717, 1.165) is 0 Å². The molecule has 0 saturated heterocycles. The zero-order chi connectivity index (χ0) is 12.7. The van der Waals surface area contributed by atoms with Gasteiger partial charge in [0, 0.05) is 12.6 Å². The van der Waals surface area contributed by atoms with E-state index >= 15 is 0 Å². The van der Waals surface area contributed by atoms with Crippen molar-refractivity contribution < 1.29 is 4.79 Å². The van der Waals surface area contributed by atoms with Gasteiger partial charge in [0.1, 0.15) is 0 Å². The van der Waals surface area contributed by atoms with Crippen LogP contribution < -0.4 is 5.32 Å². The van der Waals surface area contributed by atoms with Gasteiger partial charge in [-0.05, 0) is 26.7 Å². The molecule has 0 fully saturated rings. The molecule has 4 nitrogen and oxygen atoms in total. The number of nitrogens with one attached hydrogen (secondary N) is 1. The Hall–Kier alpha value is -1.08. The molecule has 1 N–H and O–H groups in total. The van der Waals surface area contributed by atoms with Crippen molar-refractivity contribution in [2.75, 3.05) is 13.1 Å². The van der Waals surface area contributed by atoms with Crippen molar-refractivity contribution >= 4 is 5.91 Å². The van der Waals surface area contributed by atoms with E-state index in [1.807, 2.05) is 25.7 Å². The average Bonchev–Trinajstić information content (AvgIpc) is 2.20. The van der Waals surface area contributed by atoms with Crippen LogP contribution in [0.4, 0.5) is 0 Å². The number of amides is 1. The van der Waals surface area contributed by atoms with E-state index < -0.39 is 0 Å². The molecule has 0 bridgehead atoms. The number of carbonyl (C=O) groups is 1. The minimum atomic E-state index is -0.251. The third kappa shape index (κ3) is 5.13. The average molecular weight is 225 g/mol. The first-order valence-corrected chi connectivity index (χ1v) is 5.80. The standard InChI is InChI=1S/C12H23N3O/c1-9(2)8-14-12(16)11(5)15(7-6-13)10(3)4/h9-11H,7-8H2,1-5H3,(H,14,16). The molecule has 16 heavy (non-hydrogen) atoms. The summed E-state index contributed by atoms with van der Waals surface area (Å²) in [4.78, 5) is 13.7. The quantitative estimate of drug-likeness (QED) is 0.695. The van der Waals surface area contributed by atoms with E-state index in [4.69, 9.17) is 5.26 Å². The van der Waals surface area contributed by atoms with Crippen molar-refractivity contribution in [3.63, 3.8) is 0 Å². The van der Waals surface area contributed by atoms with E-state index in [1.165, 1.54) is 0 Å². The summed E-state index contributed by atoms with van der Waals surface area (Å²) in [5.74, 6) is 0.442. The van der Waals surface area contributed by atoms with Crippen LogP contribution in [0.5, 0.6) is 0 Å². The Morgan fingerprint density at radius 1 is 1.31 bits per heavy atom. The van der Waals surface area contributed by atoms with Crippen LogP contribution in [0.15, 0.2) is 0 Å². The molecule has 0 radical (unpaired) electrons. The largest absolute Gasteiger partial charge is 0.354 e. The molecule has 0 aromatic carbocycles. The van der Waals surface area contributed by atoms with Crippen molar-refractivity contribution in [2.45, 2.75) is 46.7 Å². The highest BCUT2D eigenvalue weighted by molar-refractivity contribution is 5.81. The molecule has 0 rings (SSSR count). The minimum absolute atomic E-state index is 0.00218. The summed E-state index contributed by atoms with van der Waals surface area (Å²) in [5, 5.41) is 11.6. The molecule has 1 unspecified atom stereocenters. The van der Waals surface area contributed by atoms with Crippen LogP contribution in [0.25, 0.3) is 0 Å². The zero-order valence-electron chi connectivity index (χ0n) is 10.9. The zero-order valence-corrected chi connectivity index (χ0v) is 10.9. The molecule has 0 aliphatic heterocycles. The van der Waals surface area contributed by atoms with Gasteiger partial charge in [-0.1, -0.05) is 13.8 Å². The van der Waals surface area contributed by atoms with Crippen LogP contribution in [-0.4, -0.2) is 36.0 Å². The minimum Gasteiger partial charge on any atom is -0.354 e. The Bertz CT molecular complexity index is 255. The summed E-state index contributed by atoms with van der Waals surface area (Å²) in [6, 6.07) is 2.04. The van der Waals surface area contributed by atoms with Crippen LogP contribution in [-0.2, 0) is 4.79 Å². The Labute approximate surface area is 98.6 Å². The monoisotopic (exact) mass is 225 g/mol. The Morgan fingerprint density at radius 2 is 1.88 bits per heavy atom. The summed E-state index contributed by atoms with van der Waals surface area (Å²) in [7, 11) is 0. The highest BCUT2D eigenvalue weighted by atomic mass is 16.2. The predicted molar refractivity (Wildman–Crippen MR) is 64.8 cm³/mol. The number of nitriles is 1. The van der Waals surface area contributed by atoms with E-state index in [1.54, 1.807) is 0 Å².